The van der Waals surface area contributed by atoms with Gasteiger partial charge in [-0.15, -0.1) is 0 Å². The first kappa shape index (κ1) is 17.6. The van der Waals surface area contributed by atoms with Crippen molar-refractivity contribution in [3.8, 4) is 0 Å². The number of nitrogens with two attached hydrogens (primary N) is 1. The number of hydrogen-bond donors (Lipinski definition) is 3. The summed E-state index contributed by atoms with van der Waals surface area (Å²) in [6, 6.07) is 7.73. The maximum atomic E-state index is 12.6. The Morgan fingerprint density at radius 2 is 1.96 bits per heavy atom. The Kier molecular flexibility index (Phi) is 5.01. The SMILES string of the molecule is CC1=CC(=O)[N+](NC(=O)CC[C@H](N)C(=O)O)(c2ccccc2)N1C. The van der Waals surface area contributed by atoms with Gasteiger partial charge >= 0.3 is 11.9 Å². The standard InChI is InChI=1S/C16H20N4O4/c1-11-10-15(22)20(19(11)2,12-6-4-3-5-7-12)18-14(21)9-8-13(17)16(23)24/h3-7,10,13H,8-9,17H2,1-2H3,(H-,18,21,23,24)/p+1/t13-,20?/m0/s1. The number of allylic oxidation sites excluding steroid dienone is 1. The van der Waals surface area contributed by atoms with Gasteiger partial charge < -0.3 is 10.8 Å². The van der Waals surface area contributed by atoms with Crippen molar-refractivity contribution in [2.75, 3.05) is 7.05 Å². The molecule has 8 nitrogen and oxygen atoms in total. The lowest BCUT2D eigenvalue weighted by Crippen LogP contribution is -2.69. The van der Waals surface area contributed by atoms with Gasteiger partial charge in [-0.2, -0.15) is 10.4 Å². The molecule has 4 N–H and O–H groups in total. The van der Waals surface area contributed by atoms with Gasteiger partial charge in [0.2, 0.25) is 0 Å². The van der Waals surface area contributed by atoms with E-state index in [9.17, 15) is 14.4 Å². The average Bonchev–Trinajstić information content (AvgIpc) is 2.77. The number of rotatable bonds is 6. The summed E-state index contributed by atoms with van der Waals surface area (Å²) in [6.07, 6.45) is 1.34. The van der Waals surface area contributed by atoms with Gasteiger partial charge in [0.15, 0.2) is 5.69 Å². The van der Waals surface area contributed by atoms with Crippen LogP contribution >= 0.6 is 0 Å². The predicted octanol–water partition coefficient (Wildman–Crippen LogP) is 0.508. The third kappa shape index (κ3) is 3.15. The number of benzene rings is 1. The minimum atomic E-state index is -1.17. The molecule has 1 aromatic rings. The number of carbonyl (C=O) groups excluding carboxylic acids is 2. The Morgan fingerprint density at radius 1 is 1.33 bits per heavy atom. The van der Waals surface area contributed by atoms with Crippen molar-refractivity contribution < 1.29 is 19.5 Å². The maximum absolute atomic E-state index is 12.6. The summed E-state index contributed by atoms with van der Waals surface area (Å²) >= 11 is 0. The van der Waals surface area contributed by atoms with Crippen LogP contribution in [-0.2, 0) is 14.4 Å². The van der Waals surface area contributed by atoms with Crippen molar-refractivity contribution in [2.24, 2.45) is 5.73 Å². The lowest BCUT2D eigenvalue weighted by atomic mass is 10.1. The number of nitrogens with one attached hydrogen (secondary N) is 1. The van der Waals surface area contributed by atoms with Crippen molar-refractivity contribution in [2.45, 2.75) is 25.8 Å². The van der Waals surface area contributed by atoms with E-state index in [-0.39, 0.29) is 18.7 Å². The predicted molar refractivity (Wildman–Crippen MR) is 87.8 cm³/mol. The Balaban J connectivity index is 2.25. The Bertz CT molecular complexity index is 689. The zero-order valence-corrected chi connectivity index (χ0v) is 13.6. The fourth-order valence-corrected chi connectivity index (χ4v) is 2.54. The molecule has 2 rings (SSSR count). The fourth-order valence-electron chi connectivity index (χ4n) is 2.54. The molecule has 2 atom stereocenters. The fraction of sp³-hybridized carbons (Fsp3) is 0.312. The molecule has 0 aliphatic carbocycles. The number of quaternary nitrogens is 1. The van der Waals surface area contributed by atoms with E-state index in [1.807, 2.05) is 6.07 Å². The zero-order chi connectivity index (χ0) is 17.9. The monoisotopic (exact) mass is 333 g/mol. The summed E-state index contributed by atoms with van der Waals surface area (Å²) in [6.45, 7) is 1.77. The molecule has 128 valence electrons. The summed E-state index contributed by atoms with van der Waals surface area (Å²) < 4.78 is -0.492. The minimum absolute atomic E-state index is 0.0136. The molecule has 0 spiro atoms. The number of para-hydroxylation sites is 1. The van der Waals surface area contributed by atoms with Crippen LogP contribution in [0.2, 0.25) is 0 Å². The zero-order valence-electron chi connectivity index (χ0n) is 13.6. The lowest BCUT2D eigenvalue weighted by Gasteiger charge is -2.36. The number of aliphatic carboxylic acids is 1. The lowest BCUT2D eigenvalue weighted by molar-refractivity contribution is -0.148. The van der Waals surface area contributed by atoms with E-state index < -0.39 is 22.6 Å². The Morgan fingerprint density at radius 3 is 2.46 bits per heavy atom. The van der Waals surface area contributed by atoms with Crippen LogP contribution in [0, 0.1) is 0 Å². The molecular formula is C16H21N4O4+. The number of hydrogen-bond acceptors (Lipinski definition) is 5. The van der Waals surface area contributed by atoms with Crippen LogP contribution < -0.4 is 15.9 Å². The quantitative estimate of drug-likeness (QED) is 0.654. The van der Waals surface area contributed by atoms with Crippen LogP contribution in [0.15, 0.2) is 42.1 Å². The van der Waals surface area contributed by atoms with Gasteiger partial charge in [0.05, 0.1) is 18.8 Å². The highest BCUT2D eigenvalue weighted by atomic mass is 16.4. The second-order valence-corrected chi connectivity index (χ2v) is 5.64. The van der Waals surface area contributed by atoms with Crippen molar-refractivity contribution in [1.82, 2.24) is 15.1 Å². The first-order valence-corrected chi connectivity index (χ1v) is 7.50. The second kappa shape index (κ2) is 6.81. The number of carboxylic acids is 1. The molecule has 0 fully saturated rings. The molecule has 1 heterocycles. The van der Waals surface area contributed by atoms with Gasteiger partial charge in [-0.25, -0.2) is 4.79 Å². The van der Waals surface area contributed by atoms with E-state index in [2.05, 4.69) is 5.43 Å². The molecule has 2 amide bonds. The molecule has 1 unspecified atom stereocenters. The van der Waals surface area contributed by atoms with Gasteiger partial charge in [0.25, 0.3) is 5.91 Å². The Labute approximate surface area is 139 Å². The molecule has 0 radical (unpaired) electrons. The van der Waals surface area contributed by atoms with E-state index in [0.29, 0.717) is 11.4 Å². The third-order valence-electron chi connectivity index (χ3n) is 4.03. The molecule has 0 bridgehead atoms. The molecule has 24 heavy (non-hydrogen) atoms. The average molecular weight is 333 g/mol. The van der Waals surface area contributed by atoms with Crippen LogP contribution in [0.3, 0.4) is 0 Å². The molecule has 0 aromatic heterocycles. The van der Waals surface area contributed by atoms with E-state index in [1.165, 1.54) is 6.08 Å². The summed E-state index contributed by atoms with van der Waals surface area (Å²) in [5.74, 6) is -1.93. The van der Waals surface area contributed by atoms with E-state index in [0.717, 1.165) is 0 Å². The summed E-state index contributed by atoms with van der Waals surface area (Å²) in [5, 5.41) is 10.4. The highest BCUT2D eigenvalue weighted by Gasteiger charge is 2.50. The van der Waals surface area contributed by atoms with E-state index in [4.69, 9.17) is 10.8 Å². The maximum Gasteiger partial charge on any atom is 0.395 e. The van der Waals surface area contributed by atoms with E-state index >= 15 is 0 Å². The van der Waals surface area contributed by atoms with Gasteiger partial charge in [-0.05, 0) is 18.0 Å². The first-order chi connectivity index (χ1) is 11.3. The first-order valence-electron chi connectivity index (χ1n) is 7.50. The van der Waals surface area contributed by atoms with Crippen molar-refractivity contribution in [1.29, 1.82) is 0 Å². The summed E-state index contributed by atoms with van der Waals surface area (Å²) in [4.78, 5) is 35.7. The summed E-state index contributed by atoms with van der Waals surface area (Å²) in [5.41, 5.74) is 9.41. The largest absolute Gasteiger partial charge is 0.480 e. The smallest absolute Gasteiger partial charge is 0.395 e. The number of amides is 2. The van der Waals surface area contributed by atoms with Crippen molar-refractivity contribution in [3.63, 3.8) is 0 Å². The molecule has 1 aliphatic heterocycles. The van der Waals surface area contributed by atoms with Crippen LogP contribution in [0.4, 0.5) is 5.69 Å². The van der Waals surface area contributed by atoms with Gasteiger partial charge in [-0.1, -0.05) is 18.2 Å². The van der Waals surface area contributed by atoms with Crippen LogP contribution in [0.1, 0.15) is 19.8 Å². The molecular weight excluding hydrogens is 312 g/mol. The topological polar surface area (TPSA) is 113 Å². The number of carboxylic acid groups (broad SMARTS) is 1. The third-order valence-corrected chi connectivity index (χ3v) is 4.03. The van der Waals surface area contributed by atoms with Crippen LogP contribution in [0.5, 0.6) is 0 Å². The highest BCUT2D eigenvalue weighted by molar-refractivity contribution is 6.01. The second-order valence-electron chi connectivity index (χ2n) is 5.64. The number of carbonyl (C=O) groups is 3. The molecule has 0 saturated heterocycles. The van der Waals surface area contributed by atoms with Crippen LogP contribution in [0.25, 0.3) is 0 Å². The van der Waals surface area contributed by atoms with Gasteiger partial charge in [0, 0.05) is 18.6 Å². The van der Waals surface area contributed by atoms with Gasteiger partial charge in [0.1, 0.15) is 6.04 Å². The van der Waals surface area contributed by atoms with E-state index in [1.54, 1.807) is 43.2 Å². The van der Waals surface area contributed by atoms with Gasteiger partial charge in [-0.3, -0.25) is 9.59 Å². The van der Waals surface area contributed by atoms with Crippen LogP contribution in [-0.4, -0.2) is 41.0 Å². The molecule has 8 heteroatoms. The van der Waals surface area contributed by atoms with Crippen molar-refractivity contribution >= 4 is 23.5 Å². The Hall–Kier alpha value is -2.71. The molecule has 1 aliphatic rings. The minimum Gasteiger partial charge on any atom is -0.480 e. The number of nitrogens with zero attached hydrogens (tertiary/aromatic N) is 2. The van der Waals surface area contributed by atoms with Crippen molar-refractivity contribution in [3.05, 3.63) is 42.1 Å². The highest BCUT2D eigenvalue weighted by Crippen LogP contribution is 2.30. The molecule has 0 saturated carbocycles. The molecule has 1 aromatic carbocycles. The summed E-state index contributed by atoms with van der Waals surface area (Å²) in [7, 11) is 1.70. The normalized spacial score (nSPS) is 21.4.